The molecule has 1 aliphatic carbocycles. The third-order valence-electron chi connectivity index (χ3n) is 5.07. The Morgan fingerprint density at radius 2 is 2.04 bits per heavy atom. The predicted octanol–water partition coefficient (Wildman–Crippen LogP) is 1.96. The first kappa shape index (κ1) is 16.0. The number of aldehydes is 1. The van der Waals surface area contributed by atoms with Gasteiger partial charge in [0.05, 0.1) is 6.04 Å². The smallest absolute Gasteiger partial charge is 0.222 e. The fourth-order valence-electron chi connectivity index (χ4n) is 3.63. The highest BCUT2D eigenvalue weighted by molar-refractivity contribution is 5.77. The Hall–Kier alpha value is -1.88. The lowest BCUT2D eigenvalue weighted by atomic mass is 9.78. The van der Waals surface area contributed by atoms with Crippen molar-refractivity contribution in [3.05, 3.63) is 29.8 Å². The molecule has 0 spiro atoms. The second-order valence-electron chi connectivity index (χ2n) is 6.65. The number of benzene rings is 1. The van der Waals surface area contributed by atoms with Crippen molar-refractivity contribution >= 4 is 12.2 Å². The van der Waals surface area contributed by atoms with Crippen molar-refractivity contribution in [3.63, 3.8) is 0 Å². The normalized spacial score (nSPS) is 27.6. The zero-order valence-electron chi connectivity index (χ0n) is 13.2. The molecule has 2 unspecified atom stereocenters. The minimum Gasteiger partial charge on any atom is -0.491 e. The zero-order valence-corrected chi connectivity index (χ0v) is 13.2. The van der Waals surface area contributed by atoms with Crippen LogP contribution in [0.4, 0.5) is 0 Å². The van der Waals surface area contributed by atoms with Crippen molar-refractivity contribution in [1.82, 2.24) is 5.32 Å². The third-order valence-corrected chi connectivity index (χ3v) is 5.07. The molecule has 1 fully saturated rings. The van der Waals surface area contributed by atoms with Crippen LogP contribution < -0.4 is 15.8 Å². The van der Waals surface area contributed by atoms with Crippen LogP contribution in [0.1, 0.15) is 43.7 Å². The van der Waals surface area contributed by atoms with Gasteiger partial charge in [-0.1, -0.05) is 18.2 Å². The zero-order chi connectivity index (χ0) is 16.2. The number of hydrogen-bond acceptors (Lipinski definition) is 4. The van der Waals surface area contributed by atoms with E-state index in [1.165, 1.54) is 0 Å². The van der Waals surface area contributed by atoms with Crippen LogP contribution in [0.2, 0.25) is 0 Å². The van der Waals surface area contributed by atoms with Gasteiger partial charge in [-0.05, 0) is 37.7 Å². The topological polar surface area (TPSA) is 81.4 Å². The lowest BCUT2D eigenvalue weighted by Crippen LogP contribution is -2.39. The van der Waals surface area contributed by atoms with E-state index in [1.807, 2.05) is 24.3 Å². The van der Waals surface area contributed by atoms with Crippen LogP contribution in [0.15, 0.2) is 24.3 Å². The summed E-state index contributed by atoms with van der Waals surface area (Å²) in [5.41, 5.74) is 7.25. The molecule has 1 aromatic rings. The van der Waals surface area contributed by atoms with Crippen molar-refractivity contribution in [2.24, 2.45) is 17.6 Å². The molecule has 5 nitrogen and oxygen atoms in total. The first-order valence-electron chi connectivity index (χ1n) is 8.39. The first-order chi connectivity index (χ1) is 11.2. The highest BCUT2D eigenvalue weighted by atomic mass is 16.5. The van der Waals surface area contributed by atoms with Gasteiger partial charge in [-0.2, -0.15) is 0 Å². The van der Waals surface area contributed by atoms with Gasteiger partial charge in [0, 0.05) is 23.9 Å². The average molecular weight is 316 g/mol. The Balaban J connectivity index is 1.49. The molecule has 0 radical (unpaired) electrons. The second kappa shape index (κ2) is 7.13. The van der Waals surface area contributed by atoms with Gasteiger partial charge in [-0.3, -0.25) is 4.79 Å². The van der Waals surface area contributed by atoms with Crippen LogP contribution in [0, 0.1) is 11.8 Å². The number of hydrogen-bond donors (Lipinski definition) is 2. The fourth-order valence-corrected chi connectivity index (χ4v) is 3.63. The molecular weight excluding hydrogens is 292 g/mol. The second-order valence-corrected chi connectivity index (χ2v) is 6.65. The molecule has 3 N–H and O–H groups in total. The van der Waals surface area contributed by atoms with Crippen LogP contribution in [-0.2, 0) is 9.59 Å². The van der Waals surface area contributed by atoms with Gasteiger partial charge in [-0.25, -0.2) is 0 Å². The number of rotatable bonds is 5. The number of carbonyl (C=O) groups excluding carboxylic acids is 2. The van der Waals surface area contributed by atoms with E-state index in [9.17, 15) is 9.59 Å². The Morgan fingerprint density at radius 3 is 2.78 bits per heavy atom. The molecular formula is C18H24N2O3. The van der Waals surface area contributed by atoms with E-state index in [0.717, 1.165) is 43.3 Å². The summed E-state index contributed by atoms with van der Waals surface area (Å²) in [4.78, 5) is 23.1. The maximum absolute atomic E-state index is 12.3. The summed E-state index contributed by atoms with van der Waals surface area (Å²) in [5, 5.41) is 3.02. The van der Waals surface area contributed by atoms with Crippen molar-refractivity contribution in [3.8, 4) is 5.75 Å². The number of ether oxygens (including phenoxy) is 1. The van der Waals surface area contributed by atoms with Crippen molar-refractivity contribution in [1.29, 1.82) is 0 Å². The molecule has 1 aromatic carbocycles. The maximum atomic E-state index is 12.3. The van der Waals surface area contributed by atoms with E-state index in [-0.39, 0.29) is 23.9 Å². The van der Waals surface area contributed by atoms with Crippen LogP contribution in [0.25, 0.3) is 0 Å². The monoisotopic (exact) mass is 316 g/mol. The van der Waals surface area contributed by atoms with E-state index < -0.39 is 0 Å². The highest BCUT2D eigenvalue weighted by Gasteiger charge is 2.29. The van der Waals surface area contributed by atoms with Crippen LogP contribution in [-0.4, -0.2) is 24.8 Å². The summed E-state index contributed by atoms with van der Waals surface area (Å²) in [6.07, 6.45) is 5.04. The lowest BCUT2D eigenvalue weighted by Gasteiger charge is -2.30. The summed E-state index contributed by atoms with van der Waals surface area (Å²) >= 11 is 0. The molecule has 1 amide bonds. The molecule has 1 saturated carbocycles. The minimum absolute atomic E-state index is 0.0275. The summed E-state index contributed by atoms with van der Waals surface area (Å²) in [5.74, 6) is 1.33. The predicted molar refractivity (Wildman–Crippen MR) is 86.9 cm³/mol. The summed E-state index contributed by atoms with van der Waals surface area (Å²) in [7, 11) is 0. The number of amides is 1. The van der Waals surface area contributed by atoms with Gasteiger partial charge in [0.25, 0.3) is 0 Å². The Kier molecular flexibility index (Phi) is 4.96. The fraction of sp³-hybridized carbons (Fsp3) is 0.556. The summed E-state index contributed by atoms with van der Waals surface area (Å²) in [6.45, 7) is 0.477. The van der Waals surface area contributed by atoms with Gasteiger partial charge in [0.15, 0.2) is 0 Å². The van der Waals surface area contributed by atoms with Gasteiger partial charge >= 0.3 is 0 Å². The molecule has 1 aliphatic heterocycles. The van der Waals surface area contributed by atoms with E-state index >= 15 is 0 Å². The standard InChI is InChI=1S/C18H24N2O3/c19-15(13-7-5-12(10-21)6-8-13)9-18(22)20-16-11-23-17-4-2-1-3-14(16)17/h1-4,10,12-13,15-16H,5-9,11,19H2,(H,20,22). The number of para-hydroxylation sites is 1. The molecule has 0 bridgehead atoms. The van der Waals surface area contributed by atoms with Crippen LogP contribution in [0.5, 0.6) is 5.75 Å². The lowest BCUT2D eigenvalue weighted by molar-refractivity contribution is -0.122. The van der Waals surface area contributed by atoms with Crippen molar-refractivity contribution < 1.29 is 14.3 Å². The number of fused-ring (bicyclic) bond motifs is 1. The van der Waals surface area contributed by atoms with Gasteiger partial charge in [-0.15, -0.1) is 0 Å². The molecule has 124 valence electrons. The maximum Gasteiger partial charge on any atom is 0.222 e. The largest absolute Gasteiger partial charge is 0.491 e. The third kappa shape index (κ3) is 3.72. The van der Waals surface area contributed by atoms with Crippen molar-refractivity contribution in [2.45, 2.75) is 44.2 Å². The summed E-state index contributed by atoms with van der Waals surface area (Å²) < 4.78 is 5.58. The van der Waals surface area contributed by atoms with Gasteiger partial charge in [0.1, 0.15) is 18.6 Å². The van der Waals surface area contributed by atoms with Crippen molar-refractivity contribution in [2.75, 3.05) is 6.61 Å². The number of nitrogens with two attached hydrogens (primary N) is 1. The SMILES string of the molecule is NC(CC(=O)NC1COc2ccccc21)C1CCC(C=O)CC1. The first-order valence-corrected chi connectivity index (χ1v) is 8.39. The summed E-state index contributed by atoms with van der Waals surface area (Å²) in [6, 6.07) is 7.54. The van der Waals surface area contributed by atoms with Gasteiger partial charge in [0.2, 0.25) is 5.91 Å². The molecule has 5 heteroatoms. The molecule has 1 heterocycles. The highest BCUT2D eigenvalue weighted by Crippen LogP contribution is 2.32. The Morgan fingerprint density at radius 1 is 1.30 bits per heavy atom. The van der Waals surface area contributed by atoms with Crippen LogP contribution >= 0.6 is 0 Å². The molecule has 2 atom stereocenters. The van der Waals surface area contributed by atoms with E-state index in [4.69, 9.17) is 10.5 Å². The molecule has 3 rings (SSSR count). The Labute approximate surface area is 136 Å². The number of carbonyl (C=O) groups is 2. The van der Waals surface area contributed by atoms with E-state index in [2.05, 4.69) is 5.32 Å². The molecule has 0 saturated heterocycles. The molecule has 0 aromatic heterocycles. The van der Waals surface area contributed by atoms with E-state index in [1.54, 1.807) is 0 Å². The molecule has 23 heavy (non-hydrogen) atoms. The minimum atomic E-state index is -0.139. The average Bonchev–Trinajstić information content (AvgIpc) is 2.98. The number of nitrogens with one attached hydrogen (secondary N) is 1. The molecule has 2 aliphatic rings. The van der Waals surface area contributed by atoms with E-state index in [0.29, 0.717) is 18.9 Å². The quantitative estimate of drug-likeness (QED) is 0.814. The Bertz CT molecular complexity index is 567. The van der Waals surface area contributed by atoms with Gasteiger partial charge < -0.3 is 20.6 Å². The van der Waals surface area contributed by atoms with Crippen LogP contribution in [0.3, 0.4) is 0 Å².